The van der Waals surface area contributed by atoms with Crippen molar-refractivity contribution in [3.63, 3.8) is 0 Å². The third-order valence-corrected chi connectivity index (χ3v) is 3.90. The van der Waals surface area contributed by atoms with Gasteiger partial charge in [0.1, 0.15) is 6.04 Å². The third-order valence-electron chi connectivity index (χ3n) is 3.90. The number of aliphatic carboxylic acids is 1. The summed E-state index contributed by atoms with van der Waals surface area (Å²) in [7, 11) is 0. The summed E-state index contributed by atoms with van der Waals surface area (Å²) < 4.78 is 0. The Hall–Kier alpha value is -1.72. The first-order valence-electron chi connectivity index (χ1n) is 7.28. The smallest absolute Gasteiger partial charge is 0.326 e. The van der Waals surface area contributed by atoms with Gasteiger partial charge in [0.2, 0.25) is 5.95 Å². The summed E-state index contributed by atoms with van der Waals surface area (Å²) in [6.45, 7) is 6.81. The highest BCUT2D eigenvalue weighted by Gasteiger charge is 2.33. The number of carboxylic acids is 1. The zero-order chi connectivity index (χ0) is 14.7. The van der Waals surface area contributed by atoms with Gasteiger partial charge in [-0.3, -0.25) is 0 Å². The second-order valence-electron chi connectivity index (χ2n) is 5.39. The van der Waals surface area contributed by atoms with E-state index < -0.39 is 12.0 Å². The number of carboxylic acid groups (broad SMARTS) is 1. The van der Waals surface area contributed by atoms with Crippen LogP contribution >= 0.6 is 0 Å². The van der Waals surface area contributed by atoms with Crippen LogP contribution in [0.1, 0.15) is 45.0 Å². The van der Waals surface area contributed by atoms with E-state index in [1.54, 1.807) is 4.90 Å². The van der Waals surface area contributed by atoms with Crippen LogP contribution in [0.25, 0.3) is 0 Å². The molecule has 1 aromatic heterocycles. The number of aromatic nitrogens is 3. The molecule has 6 nitrogen and oxygen atoms in total. The lowest BCUT2D eigenvalue weighted by molar-refractivity contribution is -0.139. The molecule has 110 valence electrons. The van der Waals surface area contributed by atoms with E-state index in [4.69, 9.17) is 0 Å². The molecule has 0 amide bonds. The molecule has 2 atom stereocenters. The van der Waals surface area contributed by atoms with E-state index >= 15 is 0 Å². The van der Waals surface area contributed by atoms with Crippen LogP contribution in [-0.4, -0.2) is 38.8 Å². The van der Waals surface area contributed by atoms with Crippen molar-refractivity contribution in [1.82, 2.24) is 15.2 Å². The zero-order valence-corrected chi connectivity index (χ0v) is 12.3. The van der Waals surface area contributed by atoms with Crippen LogP contribution in [0.5, 0.6) is 0 Å². The Labute approximate surface area is 119 Å². The number of aryl methyl sites for hydroxylation is 2. The quantitative estimate of drug-likeness (QED) is 0.902. The molecule has 2 heterocycles. The van der Waals surface area contributed by atoms with E-state index in [-0.39, 0.29) is 0 Å². The van der Waals surface area contributed by atoms with Crippen molar-refractivity contribution < 1.29 is 9.90 Å². The molecule has 2 unspecified atom stereocenters. The second kappa shape index (κ2) is 6.15. The predicted octanol–water partition coefficient (Wildman–Crippen LogP) is 1.69. The zero-order valence-electron chi connectivity index (χ0n) is 12.3. The van der Waals surface area contributed by atoms with Crippen LogP contribution < -0.4 is 4.90 Å². The molecule has 1 aromatic rings. The Morgan fingerprint density at radius 2 is 2.00 bits per heavy atom. The van der Waals surface area contributed by atoms with Crippen molar-refractivity contribution in [2.45, 2.75) is 52.5 Å². The maximum absolute atomic E-state index is 11.4. The molecule has 1 aliphatic rings. The van der Waals surface area contributed by atoms with Gasteiger partial charge >= 0.3 is 5.97 Å². The van der Waals surface area contributed by atoms with Crippen molar-refractivity contribution in [2.24, 2.45) is 5.92 Å². The first-order valence-corrected chi connectivity index (χ1v) is 7.28. The normalized spacial score (nSPS) is 22.9. The molecule has 0 bridgehead atoms. The standard InChI is InChI=1S/C14H22N4O2/c1-4-10-11(5-2)16-17-14(15-10)18-7-6-9(3)8-12(18)13(19)20/h9,12H,4-8H2,1-3H3,(H,19,20). The molecular formula is C14H22N4O2. The summed E-state index contributed by atoms with van der Waals surface area (Å²) in [5, 5.41) is 17.7. The summed E-state index contributed by atoms with van der Waals surface area (Å²) >= 11 is 0. The minimum atomic E-state index is -0.808. The highest BCUT2D eigenvalue weighted by Crippen LogP contribution is 2.26. The van der Waals surface area contributed by atoms with Gasteiger partial charge in [-0.15, -0.1) is 5.10 Å². The number of anilines is 1. The third kappa shape index (κ3) is 2.89. The van der Waals surface area contributed by atoms with Gasteiger partial charge < -0.3 is 10.0 Å². The SMILES string of the molecule is CCc1nnc(N2CCC(C)CC2C(=O)O)nc1CC. The molecule has 1 N–H and O–H groups in total. The van der Waals surface area contributed by atoms with Crippen molar-refractivity contribution in [3.05, 3.63) is 11.4 Å². The molecule has 0 aliphatic carbocycles. The fraction of sp³-hybridized carbons (Fsp3) is 0.714. The number of nitrogens with zero attached hydrogens (tertiary/aromatic N) is 4. The Balaban J connectivity index is 2.31. The summed E-state index contributed by atoms with van der Waals surface area (Å²) in [4.78, 5) is 17.8. The summed E-state index contributed by atoms with van der Waals surface area (Å²) in [5.41, 5.74) is 1.81. The lowest BCUT2D eigenvalue weighted by Crippen LogP contribution is -2.48. The summed E-state index contributed by atoms with van der Waals surface area (Å²) in [6.07, 6.45) is 3.18. The summed E-state index contributed by atoms with van der Waals surface area (Å²) in [5.74, 6) is 0.0667. The molecule has 1 aliphatic heterocycles. The van der Waals surface area contributed by atoms with E-state index in [0.29, 0.717) is 24.8 Å². The van der Waals surface area contributed by atoms with Gasteiger partial charge in [-0.05, 0) is 31.6 Å². The average Bonchev–Trinajstić information content (AvgIpc) is 2.46. The molecule has 0 radical (unpaired) electrons. The van der Waals surface area contributed by atoms with E-state index in [1.165, 1.54) is 0 Å². The number of hydrogen-bond acceptors (Lipinski definition) is 5. The average molecular weight is 278 g/mol. The molecule has 6 heteroatoms. The monoisotopic (exact) mass is 278 g/mol. The van der Waals surface area contributed by atoms with Crippen LogP contribution in [0.2, 0.25) is 0 Å². The molecule has 1 fully saturated rings. The van der Waals surface area contributed by atoms with Gasteiger partial charge in [-0.1, -0.05) is 20.8 Å². The highest BCUT2D eigenvalue weighted by atomic mass is 16.4. The number of rotatable bonds is 4. The Morgan fingerprint density at radius 3 is 2.60 bits per heavy atom. The Kier molecular flexibility index (Phi) is 4.52. The minimum Gasteiger partial charge on any atom is -0.480 e. The van der Waals surface area contributed by atoms with E-state index in [1.807, 2.05) is 13.8 Å². The molecular weight excluding hydrogens is 256 g/mol. The highest BCUT2D eigenvalue weighted by molar-refractivity contribution is 5.77. The fourth-order valence-electron chi connectivity index (χ4n) is 2.66. The van der Waals surface area contributed by atoms with Crippen molar-refractivity contribution in [3.8, 4) is 0 Å². The van der Waals surface area contributed by atoms with E-state index in [2.05, 4.69) is 22.1 Å². The van der Waals surface area contributed by atoms with E-state index in [9.17, 15) is 9.90 Å². The lowest BCUT2D eigenvalue weighted by Gasteiger charge is -2.35. The van der Waals surface area contributed by atoms with Gasteiger partial charge in [0.15, 0.2) is 0 Å². The molecule has 0 spiro atoms. The Bertz CT molecular complexity index is 492. The Morgan fingerprint density at radius 1 is 1.30 bits per heavy atom. The van der Waals surface area contributed by atoms with Gasteiger partial charge in [0.05, 0.1) is 11.4 Å². The second-order valence-corrected chi connectivity index (χ2v) is 5.39. The maximum Gasteiger partial charge on any atom is 0.326 e. The van der Waals surface area contributed by atoms with Crippen molar-refractivity contribution in [2.75, 3.05) is 11.4 Å². The van der Waals surface area contributed by atoms with E-state index in [0.717, 1.165) is 30.7 Å². The predicted molar refractivity (Wildman–Crippen MR) is 75.8 cm³/mol. The van der Waals surface area contributed by atoms with Gasteiger partial charge in [-0.2, -0.15) is 5.10 Å². The molecule has 20 heavy (non-hydrogen) atoms. The van der Waals surface area contributed by atoms with Gasteiger partial charge in [0.25, 0.3) is 0 Å². The van der Waals surface area contributed by atoms with Crippen LogP contribution in [0.15, 0.2) is 0 Å². The van der Waals surface area contributed by atoms with Crippen LogP contribution in [0, 0.1) is 5.92 Å². The van der Waals surface area contributed by atoms with Crippen LogP contribution in [0.3, 0.4) is 0 Å². The van der Waals surface area contributed by atoms with Crippen molar-refractivity contribution in [1.29, 1.82) is 0 Å². The van der Waals surface area contributed by atoms with Gasteiger partial charge in [0, 0.05) is 6.54 Å². The summed E-state index contributed by atoms with van der Waals surface area (Å²) in [6, 6.07) is -0.544. The number of piperidine rings is 1. The first kappa shape index (κ1) is 14.7. The molecule has 0 saturated carbocycles. The minimum absolute atomic E-state index is 0.417. The first-order chi connectivity index (χ1) is 9.56. The van der Waals surface area contributed by atoms with Gasteiger partial charge in [-0.25, -0.2) is 9.78 Å². The molecule has 1 saturated heterocycles. The fourth-order valence-corrected chi connectivity index (χ4v) is 2.66. The van der Waals surface area contributed by atoms with Crippen molar-refractivity contribution >= 4 is 11.9 Å². The lowest BCUT2D eigenvalue weighted by atomic mass is 9.93. The molecule has 0 aromatic carbocycles. The topological polar surface area (TPSA) is 79.2 Å². The largest absolute Gasteiger partial charge is 0.480 e. The number of hydrogen-bond donors (Lipinski definition) is 1. The maximum atomic E-state index is 11.4. The molecule has 2 rings (SSSR count). The van der Waals surface area contributed by atoms with Crippen LogP contribution in [-0.2, 0) is 17.6 Å². The number of carbonyl (C=O) groups is 1. The van der Waals surface area contributed by atoms with Crippen LogP contribution in [0.4, 0.5) is 5.95 Å².